The van der Waals surface area contributed by atoms with Crippen molar-refractivity contribution < 1.29 is 19.4 Å². The molecule has 114 valence electrons. The zero-order valence-corrected chi connectivity index (χ0v) is 12.6. The number of aliphatic hydroxyl groups is 1. The second kappa shape index (κ2) is 4.63. The van der Waals surface area contributed by atoms with Crippen molar-refractivity contribution in [3.8, 4) is 5.75 Å². The fraction of sp³-hybridized carbons (Fsp3) is 0.562. The van der Waals surface area contributed by atoms with Crippen LogP contribution >= 0.6 is 0 Å². The van der Waals surface area contributed by atoms with Crippen molar-refractivity contribution >= 4 is 6.09 Å². The SMILES string of the molecule is CC(C)(C)OC(=O)N1CC2(CC(O)c3ccccc3O2)C1. The van der Waals surface area contributed by atoms with Crippen LogP contribution in [0.1, 0.15) is 38.9 Å². The fourth-order valence-electron chi connectivity index (χ4n) is 2.88. The van der Waals surface area contributed by atoms with E-state index < -0.39 is 17.3 Å². The van der Waals surface area contributed by atoms with E-state index in [0.717, 1.165) is 5.56 Å². The summed E-state index contributed by atoms with van der Waals surface area (Å²) in [6.07, 6.45) is -0.371. The molecule has 0 aliphatic carbocycles. The molecule has 1 saturated heterocycles. The predicted octanol–water partition coefficient (Wildman–Crippen LogP) is 2.49. The molecule has 2 aliphatic rings. The summed E-state index contributed by atoms with van der Waals surface area (Å²) in [6, 6.07) is 7.50. The maximum atomic E-state index is 12.0. The van der Waals surface area contributed by atoms with E-state index in [-0.39, 0.29) is 6.09 Å². The standard InChI is InChI=1S/C16H21NO4/c1-15(2,3)21-14(19)17-9-16(10-17)8-12(18)11-6-4-5-7-13(11)20-16/h4-7,12,18H,8-10H2,1-3H3. The zero-order valence-electron chi connectivity index (χ0n) is 12.6. The van der Waals surface area contributed by atoms with Crippen molar-refractivity contribution in [2.24, 2.45) is 0 Å². The van der Waals surface area contributed by atoms with Gasteiger partial charge in [-0.05, 0) is 26.8 Å². The minimum absolute atomic E-state index is 0.329. The van der Waals surface area contributed by atoms with E-state index in [1.54, 1.807) is 4.90 Å². The molecule has 1 aromatic rings. The first-order valence-electron chi connectivity index (χ1n) is 7.22. The van der Waals surface area contributed by atoms with Gasteiger partial charge in [0.1, 0.15) is 17.0 Å². The summed E-state index contributed by atoms with van der Waals surface area (Å²) < 4.78 is 11.4. The quantitative estimate of drug-likeness (QED) is 0.798. The molecule has 0 saturated carbocycles. The van der Waals surface area contributed by atoms with Gasteiger partial charge in [0, 0.05) is 12.0 Å². The Kier molecular flexibility index (Phi) is 3.13. The summed E-state index contributed by atoms with van der Waals surface area (Å²) in [5, 5.41) is 10.3. The van der Waals surface area contributed by atoms with Crippen LogP contribution in [0.2, 0.25) is 0 Å². The van der Waals surface area contributed by atoms with Gasteiger partial charge in [0.05, 0.1) is 19.2 Å². The molecule has 1 amide bonds. The highest BCUT2D eigenvalue weighted by molar-refractivity contribution is 5.70. The monoisotopic (exact) mass is 291 g/mol. The molecule has 1 fully saturated rings. The Balaban J connectivity index is 1.67. The average Bonchev–Trinajstić information content (AvgIpc) is 2.33. The lowest BCUT2D eigenvalue weighted by molar-refractivity contribution is -0.114. The number of benzene rings is 1. The van der Waals surface area contributed by atoms with E-state index in [4.69, 9.17) is 9.47 Å². The van der Waals surface area contributed by atoms with Gasteiger partial charge in [0.2, 0.25) is 0 Å². The van der Waals surface area contributed by atoms with Gasteiger partial charge in [-0.3, -0.25) is 0 Å². The number of nitrogens with zero attached hydrogens (tertiary/aromatic N) is 1. The van der Waals surface area contributed by atoms with Crippen LogP contribution in [-0.2, 0) is 4.74 Å². The third kappa shape index (κ3) is 2.70. The fourth-order valence-corrected chi connectivity index (χ4v) is 2.88. The lowest BCUT2D eigenvalue weighted by atomic mass is 9.83. The van der Waals surface area contributed by atoms with Crippen molar-refractivity contribution in [1.29, 1.82) is 0 Å². The highest BCUT2D eigenvalue weighted by atomic mass is 16.6. The summed E-state index contributed by atoms with van der Waals surface area (Å²) >= 11 is 0. The summed E-state index contributed by atoms with van der Waals surface area (Å²) in [5.41, 5.74) is -0.164. The number of aliphatic hydroxyl groups excluding tert-OH is 1. The molecule has 5 nitrogen and oxygen atoms in total. The zero-order chi connectivity index (χ0) is 15.3. The van der Waals surface area contributed by atoms with Crippen LogP contribution in [0, 0.1) is 0 Å². The lowest BCUT2D eigenvalue weighted by Gasteiger charge is -2.52. The molecular weight excluding hydrogens is 270 g/mol. The number of rotatable bonds is 0. The molecule has 1 unspecified atom stereocenters. The number of hydrogen-bond acceptors (Lipinski definition) is 4. The first kappa shape index (κ1) is 14.2. The van der Waals surface area contributed by atoms with E-state index in [0.29, 0.717) is 25.3 Å². The molecule has 1 atom stereocenters. The van der Waals surface area contributed by atoms with Gasteiger partial charge in [-0.2, -0.15) is 0 Å². The molecule has 1 aromatic carbocycles. The molecule has 2 aliphatic heterocycles. The number of para-hydroxylation sites is 1. The van der Waals surface area contributed by atoms with E-state index in [9.17, 15) is 9.90 Å². The number of hydrogen-bond donors (Lipinski definition) is 1. The van der Waals surface area contributed by atoms with Gasteiger partial charge in [-0.25, -0.2) is 4.79 Å². The van der Waals surface area contributed by atoms with Crippen molar-refractivity contribution in [2.45, 2.75) is 44.5 Å². The van der Waals surface area contributed by atoms with Crippen LogP contribution in [0.25, 0.3) is 0 Å². The molecule has 3 rings (SSSR count). The second-order valence-electron chi connectivity index (χ2n) is 6.88. The van der Waals surface area contributed by atoms with Gasteiger partial charge in [0.15, 0.2) is 0 Å². The second-order valence-corrected chi connectivity index (χ2v) is 6.88. The Labute approximate surface area is 124 Å². The first-order valence-corrected chi connectivity index (χ1v) is 7.22. The Morgan fingerprint density at radius 2 is 2.05 bits per heavy atom. The van der Waals surface area contributed by atoms with Crippen LogP contribution in [0.3, 0.4) is 0 Å². The van der Waals surface area contributed by atoms with Crippen LogP contribution in [0.4, 0.5) is 4.79 Å². The van der Waals surface area contributed by atoms with E-state index >= 15 is 0 Å². The van der Waals surface area contributed by atoms with Gasteiger partial charge in [-0.15, -0.1) is 0 Å². The van der Waals surface area contributed by atoms with Crippen molar-refractivity contribution in [2.75, 3.05) is 13.1 Å². The summed E-state index contributed by atoms with van der Waals surface area (Å²) in [5.74, 6) is 0.708. The average molecular weight is 291 g/mol. The van der Waals surface area contributed by atoms with E-state index in [1.165, 1.54) is 0 Å². The number of ether oxygens (including phenoxy) is 2. The highest BCUT2D eigenvalue weighted by Gasteiger charge is 2.52. The summed E-state index contributed by atoms with van der Waals surface area (Å²) in [4.78, 5) is 13.6. The summed E-state index contributed by atoms with van der Waals surface area (Å²) in [7, 11) is 0. The smallest absolute Gasteiger partial charge is 0.410 e. The molecular formula is C16H21NO4. The maximum Gasteiger partial charge on any atom is 0.410 e. The molecule has 2 heterocycles. The molecule has 21 heavy (non-hydrogen) atoms. The largest absolute Gasteiger partial charge is 0.483 e. The molecule has 0 bridgehead atoms. The van der Waals surface area contributed by atoms with Crippen molar-refractivity contribution in [3.05, 3.63) is 29.8 Å². The van der Waals surface area contributed by atoms with Gasteiger partial charge < -0.3 is 19.5 Å². The van der Waals surface area contributed by atoms with Crippen molar-refractivity contribution in [3.63, 3.8) is 0 Å². The minimum atomic E-state index is -0.546. The van der Waals surface area contributed by atoms with Gasteiger partial charge >= 0.3 is 6.09 Å². The molecule has 0 aromatic heterocycles. The maximum absolute atomic E-state index is 12.0. The molecule has 1 spiro atoms. The van der Waals surface area contributed by atoms with Gasteiger partial charge in [-0.1, -0.05) is 18.2 Å². The number of likely N-dealkylation sites (tertiary alicyclic amines) is 1. The minimum Gasteiger partial charge on any atom is -0.483 e. The van der Waals surface area contributed by atoms with E-state index in [2.05, 4.69) is 0 Å². The van der Waals surface area contributed by atoms with Crippen LogP contribution in [0.15, 0.2) is 24.3 Å². The van der Waals surface area contributed by atoms with Crippen LogP contribution in [-0.4, -0.2) is 40.4 Å². The normalized spacial score (nSPS) is 23.0. The van der Waals surface area contributed by atoms with E-state index in [1.807, 2.05) is 45.0 Å². The summed E-state index contributed by atoms with van der Waals surface area (Å²) in [6.45, 7) is 6.44. The number of carbonyl (C=O) groups excluding carboxylic acids is 1. The molecule has 0 radical (unpaired) electrons. The first-order chi connectivity index (χ1) is 9.78. The van der Waals surface area contributed by atoms with Gasteiger partial charge in [0.25, 0.3) is 0 Å². The Morgan fingerprint density at radius 3 is 2.71 bits per heavy atom. The highest BCUT2D eigenvalue weighted by Crippen LogP contribution is 2.43. The Morgan fingerprint density at radius 1 is 1.38 bits per heavy atom. The van der Waals surface area contributed by atoms with Crippen LogP contribution in [0.5, 0.6) is 5.75 Å². The predicted molar refractivity (Wildman–Crippen MR) is 77.2 cm³/mol. The molecule has 5 heteroatoms. The third-order valence-electron chi connectivity index (χ3n) is 3.78. The number of carbonyl (C=O) groups is 1. The molecule has 1 N–H and O–H groups in total. The third-order valence-corrected chi connectivity index (χ3v) is 3.78. The Bertz CT molecular complexity index is 558. The lowest BCUT2D eigenvalue weighted by Crippen LogP contribution is -2.68. The van der Waals surface area contributed by atoms with Crippen molar-refractivity contribution in [1.82, 2.24) is 4.90 Å². The number of amides is 1. The topological polar surface area (TPSA) is 59.0 Å². The van der Waals surface area contributed by atoms with Crippen LogP contribution < -0.4 is 4.74 Å². The Hall–Kier alpha value is -1.75. The number of fused-ring (bicyclic) bond motifs is 1.